The summed E-state index contributed by atoms with van der Waals surface area (Å²) in [6.45, 7) is 2.66. The monoisotopic (exact) mass is 308 g/mol. The van der Waals surface area contributed by atoms with Gasteiger partial charge in [0.25, 0.3) is 5.91 Å². The van der Waals surface area contributed by atoms with Gasteiger partial charge in [0.05, 0.1) is 11.0 Å². The summed E-state index contributed by atoms with van der Waals surface area (Å²) >= 11 is 0. The number of aryl methyl sites for hydroxylation is 1. The standard InChI is InChI=1S/C17H16N4O2/c1-2-21-14-9-4-3-8-13(14)19-17(21)20-16(23)12-7-5-6-11(10-12)15(18)22/h3-10H,2H2,1H3,(H2,18,22)(H,19,20,23). The van der Waals surface area contributed by atoms with Crippen LogP contribution in [0.15, 0.2) is 48.5 Å². The summed E-state index contributed by atoms with van der Waals surface area (Å²) in [5.41, 5.74) is 7.67. The van der Waals surface area contributed by atoms with Crippen molar-refractivity contribution in [1.29, 1.82) is 0 Å². The fraction of sp³-hybridized carbons (Fsp3) is 0.118. The Labute approximate surface area is 132 Å². The summed E-state index contributed by atoms with van der Waals surface area (Å²) in [5.74, 6) is -0.429. The second-order valence-electron chi connectivity index (χ2n) is 5.07. The van der Waals surface area contributed by atoms with Gasteiger partial charge in [-0.25, -0.2) is 4.98 Å². The molecule has 3 rings (SSSR count). The second-order valence-corrected chi connectivity index (χ2v) is 5.07. The predicted octanol–water partition coefficient (Wildman–Crippen LogP) is 2.41. The molecule has 23 heavy (non-hydrogen) atoms. The lowest BCUT2D eigenvalue weighted by molar-refractivity contribution is 0.1000. The summed E-state index contributed by atoms with van der Waals surface area (Å²) in [7, 11) is 0. The quantitative estimate of drug-likeness (QED) is 0.775. The van der Waals surface area contributed by atoms with Gasteiger partial charge in [-0.15, -0.1) is 0 Å². The molecule has 3 N–H and O–H groups in total. The van der Waals surface area contributed by atoms with Crippen molar-refractivity contribution in [1.82, 2.24) is 9.55 Å². The van der Waals surface area contributed by atoms with Gasteiger partial charge < -0.3 is 10.3 Å². The maximum absolute atomic E-state index is 12.4. The third-order valence-electron chi connectivity index (χ3n) is 3.61. The molecule has 0 aliphatic carbocycles. The molecule has 1 aromatic heterocycles. The van der Waals surface area contributed by atoms with Gasteiger partial charge >= 0.3 is 0 Å². The molecule has 1 heterocycles. The van der Waals surface area contributed by atoms with Crippen LogP contribution in [0, 0.1) is 0 Å². The molecule has 0 aliphatic rings. The van der Waals surface area contributed by atoms with Crippen molar-refractivity contribution in [2.24, 2.45) is 5.73 Å². The molecule has 3 aromatic rings. The highest BCUT2D eigenvalue weighted by Crippen LogP contribution is 2.20. The van der Waals surface area contributed by atoms with Crippen LogP contribution in [0.4, 0.5) is 5.95 Å². The number of hydrogen-bond donors (Lipinski definition) is 2. The third-order valence-corrected chi connectivity index (χ3v) is 3.61. The van der Waals surface area contributed by atoms with E-state index in [-0.39, 0.29) is 5.91 Å². The number of fused-ring (bicyclic) bond motifs is 1. The van der Waals surface area contributed by atoms with E-state index in [4.69, 9.17) is 5.73 Å². The summed E-state index contributed by atoms with van der Waals surface area (Å²) in [6.07, 6.45) is 0. The number of nitrogens with zero attached hydrogens (tertiary/aromatic N) is 2. The van der Waals surface area contributed by atoms with Crippen molar-refractivity contribution in [3.05, 3.63) is 59.7 Å². The molecule has 6 heteroatoms. The molecule has 0 radical (unpaired) electrons. The van der Waals surface area contributed by atoms with E-state index in [1.165, 1.54) is 6.07 Å². The molecule has 0 atom stereocenters. The number of para-hydroxylation sites is 2. The minimum absolute atomic E-state index is 0.293. The number of amides is 2. The van der Waals surface area contributed by atoms with Crippen molar-refractivity contribution in [3.8, 4) is 0 Å². The molecule has 0 aliphatic heterocycles. The number of rotatable bonds is 4. The van der Waals surface area contributed by atoms with Crippen LogP contribution in [0.2, 0.25) is 0 Å². The molecule has 0 saturated carbocycles. The van der Waals surface area contributed by atoms with Crippen LogP contribution in [0.5, 0.6) is 0 Å². The van der Waals surface area contributed by atoms with E-state index >= 15 is 0 Å². The van der Waals surface area contributed by atoms with Crippen molar-refractivity contribution < 1.29 is 9.59 Å². The Morgan fingerprint density at radius 2 is 1.87 bits per heavy atom. The van der Waals surface area contributed by atoms with E-state index in [1.807, 2.05) is 35.8 Å². The molecule has 2 aromatic carbocycles. The largest absolute Gasteiger partial charge is 0.366 e. The van der Waals surface area contributed by atoms with Gasteiger partial charge in [-0.05, 0) is 37.3 Å². The Morgan fingerprint density at radius 3 is 2.61 bits per heavy atom. The molecule has 0 saturated heterocycles. The van der Waals surface area contributed by atoms with Gasteiger partial charge in [0.15, 0.2) is 0 Å². The van der Waals surface area contributed by atoms with Crippen LogP contribution in [0.25, 0.3) is 11.0 Å². The van der Waals surface area contributed by atoms with Crippen LogP contribution in [-0.2, 0) is 6.54 Å². The molecule has 2 amide bonds. The summed E-state index contributed by atoms with van der Waals surface area (Å²) in [5, 5.41) is 2.79. The zero-order valence-corrected chi connectivity index (χ0v) is 12.6. The number of nitrogens with two attached hydrogens (primary N) is 1. The van der Waals surface area contributed by atoms with Crippen molar-refractivity contribution in [2.45, 2.75) is 13.5 Å². The van der Waals surface area contributed by atoms with Crippen LogP contribution in [0.1, 0.15) is 27.6 Å². The van der Waals surface area contributed by atoms with Gasteiger partial charge in [0, 0.05) is 17.7 Å². The van der Waals surface area contributed by atoms with Crippen LogP contribution in [-0.4, -0.2) is 21.4 Å². The number of carbonyl (C=O) groups is 2. The SMILES string of the molecule is CCn1c(NC(=O)c2cccc(C(N)=O)c2)nc2ccccc21. The molecule has 0 fully saturated rings. The number of imidazole rings is 1. The smallest absolute Gasteiger partial charge is 0.257 e. The Bertz CT molecular complexity index is 898. The fourth-order valence-electron chi connectivity index (χ4n) is 2.48. The van der Waals surface area contributed by atoms with Gasteiger partial charge in [-0.1, -0.05) is 18.2 Å². The van der Waals surface area contributed by atoms with Gasteiger partial charge in [-0.2, -0.15) is 0 Å². The average Bonchev–Trinajstić information content (AvgIpc) is 2.91. The zero-order chi connectivity index (χ0) is 16.4. The van der Waals surface area contributed by atoms with E-state index in [9.17, 15) is 9.59 Å². The first kappa shape index (κ1) is 14.8. The first-order valence-electron chi connectivity index (χ1n) is 7.26. The minimum Gasteiger partial charge on any atom is -0.366 e. The Morgan fingerprint density at radius 1 is 1.13 bits per heavy atom. The number of primary amides is 1. The Hall–Kier alpha value is -3.15. The maximum atomic E-state index is 12.4. The van der Waals surface area contributed by atoms with E-state index in [0.717, 1.165) is 11.0 Å². The molecule has 116 valence electrons. The molecule has 6 nitrogen and oxygen atoms in total. The fourth-order valence-corrected chi connectivity index (χ4v) is 2.48. The lowest BCUT2D eigenvalue weighted by atomic mass is 10.1. The normalized spacial score (nSPS) is 10.7. The van der Waals surface area contributed by atoms with Crippen LogP contribution >= 0.6 is 0 Å². The lowest BCUT2D eigenvalue weighted by Gasteiger charge is -2.08. The van der Waals surface area contributed by atoms with Gasteiger partial charge in [0.2, 0.25) is 11.9 Å². The van der Waals surface area contributed by atoms with E-state index in [1.54, 1.807) is 18.2 Å². The number of anilines is 1. The lowest BCUT2D eigenvalue weighted by Crippen LogP contribution is -2.17. The first-order chi connectivity index (χ1) is 11.1. The van der Waals surface area contributed by atoms with Crippen LogP contribution in [0.3, 0.4) is 0 Å². The Kier molecular flexibility index (Phi) is 3.80. The van der Waals surface area contributed by atoms with Gasteiger partial charge in [0.1, 0.15) is 0 Å². The van der Waals surface area contributed by atoms with E-state index in [0.29, 0.717) is 23.6 Å². The molecular weight excluding hydrogens is 292 g/mol. The average molecular weight is 308 g/mol. The summed E-state index contributed by atoms with van der Waals surface area (Å²) in [4.78, 5) is 28.1. The number of aromatic nitrogens is 2. The molecule has 0 bridgehead atoms. The molecule has 0 spiro atoms. The number of hydrogen-bond acceptors (Lipinski definition) is 3. The van der Waals surface area contributed by atoms with Crippen molar-refractivity contribution in [3.63, 3.8) is 0 Å². The summed E-state index contributed by atoms with van der Waals surface area (Å²) in [6, 6.07) is 14.0. The van der Waals surface area contributed by atoms with Gasteiger partial charge in [-0.3, -0.25) is 14.9 Å². The topological polar surface area (TPSA) is 90.0 Å². The Balaban J connectivity index is 1.94. The third kappa shape index (κ3) is 2.78. The summed E-state index contributed by atoms with van der Waals surface area (Å²) < 4.78 is 1.92. The highest BCUT2D eigenvalue weighted by atomic mass is 16.2. The number of nitrogens with one attached hydrogen (secondary N) is 1. The minimum atomic E-state index is -0.569. The number of benzene rings is 2. The predicted molar refractivity (Wildman–Crippen MR) is 88.3 cm³/mol. The molecule has 0 unspecified atom stereocenters. The van der Waals surface area contributed by atoms with E-state index in [2.05, 4.69) is 10.3 Å². The highest BCUT2D eigenvalue weighted by Gasteiger charge is 2.14. The second kappa shape index (κ2) is 5.92. The molecular formula is C17H16N4O2. The zero-order valence-electron chi connectivity index (χ0n) is 12.6. The number of carbonyl (C=O) groups excluding carboxylic acids is 2. The van der Waals surface area contributed by atoms with Crippen molar-refractivity contribution in [2.75, 3.05) is 5.32 Å². The maximum Gasteiger partial charge on any atom is 0.257 e. The van der Waals surface area contributed by atoms with E-state index < -0.39 is 5.91 Å². The first-order valence-corrected chi connectivity index (χ1v) is 7.26. The van der Waals surface area contributed by atoms with Crippen molar-refractivity contribution >= 4 is 28.8 Å². The highest BCUT2D eigenvalue weighted by molar-refractivity contribution is 6.05. The van der Waals surface area contributed by atoms with Crippen LogP contribution < -0.4 is 11.1 Å².